The van der Waals surface area contributed by atoms with Crippen LogP contribution >= 0.6 is 0 Å². The molecular weight excluding hydrogens is 314 g/mol. The lowest BCUT2D eigenvalue weighted by atomic mass is 9.92. The number of anilines is 1. The van der Waals surface area contributed by atoms with E-state index in [-0.39, 0.29) is 24.6 Å². The molecule has 25 heavy (non-hydrogen) atoms. The van der Waals surface area contributed by atoms with Crippen LogP contribution in [-0.4, -0.2) is 41.8 Å². The quantitative estimate of drug-likeness (QED) is 0.785. The van der Waals surface area contributed by atoms with E-state index in [1.165, 1.54) is 5.56 Å². The Balaban J connectivity index is 1.58. The van der Waals surface area contributed by atoms with Crippen molar-refractivity contribution in [3.63, 3.8) is 0 Å². The normalized spacial score (nSPS) is 20.8. The predicted octanol–water partition coefficient (Wildman–Crippen LogP) is 2.69. The van der Waals surface area contributed by atoms with Crippen molar-refractivity contribution in [1.29, 1.82) is 0 Å². The summed E-state index contributed by atoms with van der Waals surface area (Å²) >= 11 is 0. The fourth-order valence-electron chi connectivity index (χ4n) is 3.29. The maximum atomic E-state index is 12.3. The molecule has 1 saturated heterocycles. The number of nitrogens with zero attached hydrogens (tertiary/aromatic N) is 1. The average molecular weight is 339 g/mol. The van der Waals surface area contributed by atoms with Crippen molar-refractivity contribution in [1.82, 2.24) is 10.2 Å². The molecule has 3 N–H and O–H groups in total. The number of hydrogen-bond donors (Lipinski definition) is 3. The van der Waals surface area contributed by atoms with Crippen LogP contribution in [0.3, 0.4) is 0 Å². The Hall–Kier alpha value is -2.37. The number of carbonyl (C=O) groups excluding carboxylic acids is 1. The maximum absolute atomic E-state index is 12.3. The molecule has 2 amide bonds. The lowest BCUT2D eigenvalue weighted by Crippen LogP contribution is -2.54. The molecule has 0 radical (unpaired) electrons. The van der Waals surface area contributed by atoms with E-state index in [2.05, 4.69) is 27.7 Å². The Bertz CT molecular complexity index is 663. The van der Waals surface area contributed by atoms with Gasteiger partial charge in [0.15, 0.2) is 0 Å². The summed E-state index contributed by atoms with van der Waals surface area (Å²) in [6, 6.07) is 19.4. The fraction of sp³-hybridized carbons (Fsp3) is 0.350. The van der Waals surface area contributed by atoms with Gasteiger partial charge < -0.3 is 15.7 Å². The number of amides is 2. The lowest BCUT2D eigenvalue weighted by Gasteiger charge is -2.38. The van der Waals surface area contributed by atoms with Crippen LogP contribution in [0.1, 0.15) is 12.0 Å². The Labute approximate surface area is 148 Å². The molecular formula is C20H25N3O2. The first kappa shape index (κ1) is 17.5. The summed E-state index contributed by atoms with van der Waals surface area (Å²) in [5, 5.41) is 15.5. The van der Waals surface area contributed by atoms with Crippen molar-refractivity contribution in [2.75, 3.05) is 25.0 Å². The van der Waals surface area contributed by atoms with Gasteiger partial charge in [-0.2, -0.15) is 0 Å². The zero-order valence-electron chi connectivity index (χ0n) is 14.3. The van der Waals surface area contributed by atoms with Gasteiger partial charge >= 0.3 is 6.03 Å². The van der Waals surface area contributed by atoms with E-state index in [1.807, 2.05) is 48.5 Å². The van der Waals surface area contributed by atoms with Crippen LogP contribution in [0.15, 0.2) is 60.7 Å². The van der Waals surface area contributed by atoms with Crippen LogP contribution < -0.4 is 10.6 Å². The Morgan fingerprint density at radius 2 is 1.76 bits per heavy atom. The number of aliphatic hydroxyl groups is 1. The highest BCUT2D eigenvalue weighted by Gasteiger charge is 2.30. The molecule has 5 nitrogen and oxygen atoms in total. The van der Waals surface area contributed by atoms with Crippen molar-refractivity contribution >= 4 is 11.7 Å². The Kier molecular flexibility index (Phi) is 6.04. The zero-order chi connectivity index (χ0) is 17.5. The molecule has 0 aliphatic carbocycles. The van der Waals surface area contributed by atoms with E-state index < -0.39 is 0 Å². The minimum atomic E-state index is -0.226. The van der Waals surface area contributed by atoms with Crippen molar-refractivity contribution in [3.05, 3.63) is 66.2 Å². The summed E-state index contributed by atoms with van der Waals surface area (Å²) in [6.45, 7) is 2.62. The van der Waals surface area contributed by atoms with Crippen LogP contribution in [-0.2, 0) is 6.54 Å². The van der Waals surface area contributed by atoms with Crippen LogP contribution in [0.2, 0.25) is 0 Å². The predicted molar refractivity (Wildman–Crippen MR) is 99.3 cm³/mol. The molecule has 3 rings (SSSR count). The number of likely N-dealkylation sites (tertiary alicyclic amines) is 1. The molecule has 0 spiro atoms. The van der Waals surface area contributed by atoms with Gasteiger partial charge in [0.1, 0.15) is 0 Å². The molecule has 2 aromatic rings. The topological polar surface area (TPSA) is 64.6 Å². The molecule has 1 fully saturated rings. The SMILES string of the molecule is O=C(Nc1ccccc1)N[C@H]1CN(Cc2ccccc2)CC[C@H]1CO. The van der Waals surface area contributed by atoms with E-state index >= 15 is 0 Å². The van der Waals surface area contributed by atoms with Gasteiger partial charge in [0.2, 0.25) is 0 Å². The first-order chi connectivity index (χ1) is 12.2. The highest BCUT2D eigenvalue weighted by Crippen LogP contribution is 2.19. The lowest BCUT2D eigenvalue weighted by molar-refractivity contribution is 0.0958. The van der Waals surface area contributed by atoms with Gasteiger partial charge in [0.05, 0.1) is 0 Å². The van der Waals surface area contributed by atoms with Crippen molar-refractivity contribution in [2.24, 2.45) is 5.92 Å². The van der Waals surface area contributed by atoms with E-state index in [4.69, 9.17) is 0 Å². The molecule has 1 aliphatic rings. The number of nitrogens with one attached hydrogen (secondary N) is 2. The highest BCUT2D eigenvalue weighted by atomic mass is 16.3. The number of piperidine rings is 1. The summed E-state index contributed by atoms with van der Waals surface area (Å²) in [5.74, 6) is 0.0912. The molecule has 0 aromatic heterocycles. The second kappa shape index (κ2) is 8.65. The molecule has 0 saturated carbocycles. The van der Waals surface area contributed by atoms with Crippen LogP contribution in [0.4, 0.5) is 10.5 Å². The van der Waals surface area contributed by atoms with Crippen LogP contribution in [0.5, 0.6) is 0 Å². The van der Waals surface area contributed by atoms with E-state index in [0.29, 0.717) is 0 Å². The Morgan fingerprint density at radius 1 is 1.08 bits per heavy atom. The van der Waals surface area contributed by atoms with E-state index in [0.717, 1.165) is 31.7 Å². The number of rotatable bonds is 5. The summed E-state index contributed by atoms with van der Waals surface area (Å²) in [5.41, 5.74) is 2.02. The molecule has 132 valence electrons. The minimum absolute atomic E-state index is 0.0637. The fourth-order valence-corrected chi connectivity index (χ4v) is 3.29. The van der Waals surface area contributed by atoms with Crippen molar-refractivity contribution in [3.8, 4) is 0 Å². The van der Waals surface area contributed by atoms with Gasteiger partial charge in [-0.3, -0.25) is 4.90 Å². The summed E-state index contributed by atoms with van der Waals surface area (Å²) in [4.78, 5) is 14.6. The second-order valence-corrected chi connectivity index (χ2v) is 6.52. The Morgan fingerprint density at radius 3 is 2.44 bits per heavy atom. The number of aliphatic hydroxyl groups excluding tert-OH is 1. The van der Waals surface area contributed by atoms with Crippen molar-refractivity contribution < 1.29 is 9.90 Å². The first-order valence-corrected chi connectivity index (χ1v) is 8.74. The van der Waals surface area contributed by atoms with Crippen LogP contribution in [0.25, 0.3) is 0 Å². The molecule has 5 heteroatoms. The standard InChI is InChI=1S/C20H25N3O2/c24-15-17-11-12-23(13-16-7-3-1-4-8-16)14-19(17)22-20(25)21-18-9-5-2-6-10-18/h1-10,17,19,24H,11-15H2,(H2,21,22,25)/t17-,19-/m0/s1. The van der Waals surface area contributed by atoms with Gasteiger partial charge in [-0.15, -0.1) is 0 Å². The molecule has 1 heterocycles. The second-order valence-electron chi connectivity index (χ2n) is 6.52. The number of hydrogen-bond acceptors (Lipinski definition) is 3. The van der Waals surface area contributed by atoms with E-state index in [9.17, 15) is 9.90 Å². The van der Waals surface area contributed by atoms with E-state index in [1.54, 1.807) is 0 Å². The molecule has 2 aromatic carbocycles. The maximum Gasteiger partial charge on any atom is 0.319 e. The average Bonchev–Trinajstić information content (AvgIpc) is 2.63. The van der Waals surface area contributed by atoms with Gasteiger partial charge in [0.25, 0.3) is 0 Å². The summed E-state index contributed by atoms with van der Waals surface area (Å²) < 4.78 is 0. The first-order valence-electron chi connectivity index (χ1n) is 8.74. The minimum Gasteiger partial charge on any atom is -0.396 e. The third-order valence-electron chi connectivity index (χ3n) is 4.67. The largest absolute Gasteiger partial charge is 0.396 e. The monoisotopic (exact) mass is 339 g/mol. The molecule has 0 bridgehead atoms. The smallest absolute Gasteiger partial charge is 0.319 e. The number of para-hydroxylation sites is 1. The van der Waals surface area contributed by atoms with Crippen LogP contribution in [0, 0.1) is 5.92 Å². The summed E-state index contributed by atoms with van der Waals surface area (Å²) in [6.07, 6.45) is 0.875. The molecule has 1 aliphatic heterocycles. The molecule has 0 unspecified atom stereocenters. The van der Waals surface area contributed by atoms with Gasteiger partial charge in [-0.05, 0) is 30.7 Å². The van der Waals surface area contributed by atoms with Gasteiger partial charge in [0, 0.05) is 37.3 Å². The molecule has 2 atom stereocenters. The van der Waals surface area contributed by atoms with Gasteiger partial charge in [-0.25, -0.2) is 4.79 Å². The van der Waals surface area contributed by atoms with Gasteiger partial charge in [-0.1, -0.05) is 48.5 Å². The highest BCUT2D eigenvalue weighted by molar-refractivity contribution is 5.89. The third kappa shape index (κ3) is 5.05. The zero-order valence-corrected chi connectivity index (χ0v) is 14.3. The summed E-state index contributed by atoms with van der Waals surface area (Å²) in [7, 11) is 0. The third-order valence-corrected chi connectivity index (χ3v) is 4.67. The van der Waals surface area contributed by atoms with Crippen molar-refractivity contribution in [2.45, 2.75) is 19.0 Å². The number of benzene rings is 2. The number of urea groups is 1. The number of carbonyl (C=O) groups is 1.